The first-order chi connectivity index (χ1) is 8.47. The van der Waals surface area contributed by atoms with Gasteiger partial charge in [-0.25, -0.2) is 0 Å². The Morgan fingerprint density at radius 2 is 2.06 bits per heavy atom. The predicted octanol–water partition coefficient (Wildman–Crippen LogP) is 2.50. The molecular weight excluding hydrogens is 224 g/mol. The molecule has 1 aliphatic carbocycles. The highest BCUT2D eigenvalue weighted by molar-refractivity contribution is 5.00. The summed E-state index contributed by atoms with van der Waals surface area (Å²) in [4.78, 5) is 2.59. The molecule has 1 rings (SSSR count). The van der Waals surface area contributed by atoms with Crippen molar-refractivity contribution in [3.05, 3.63) is 0 Å². The zero-order valence-corrected chi connectivity index (χ0v) is 12.9. The normalized spacial score (nSPS) is 33.3. The molecule has 1 fully saturated rings. The molecular formula is C15H32N2O. The fraction of sp³-hybridized carbons (Fsp3) is 1.00. The van der Waals surface area contributed by atoms with E-state index in [9.17, 15) is 0 Å². The zero-order chi connectivity index (χ0) is 13.8. The van der Waals surface area contributed by atoms with Crippen LogP contribution in [0.4, 0.5) is 0 Å². The van der Waals surface area contributed by atoms with Crippen LogP contribution in [0.1, 0.15) is 47.0 Å². The summed E-state index contributed by atoms with van der Waals surface area (Å²) < 4.78 is 5.28. The highest BCUT2D eigenvalue weighted by atomic mass is 16.5. The number of hydrogen-bond donors (Lipinski definition) is 1. The third kappa shape index (κ3) is 3.25. The first-order valence-electron chi connectivity index (χ1n) is 7.43. The van der Waals surface area contributed by atoms with Crippen LogP contribution in [0.5, 0.6) is 0 Å². The molecule has 0 aromatic carbocycles. The van der Waals surface area contributed by atoms with Crippen LogP contribution in [-0.4, -0.2) is 43.3 Å². The van der Waals surface area contributed by atoms with Crippen LogP contribution >= 0.6 is 0 Å². The summed E-state index contributed by atoms with van der Waals surface area (Å²) in [6.45, 7) is 11.8. The molecule has 0 aromatic heterocycles. The first-order valence-corrected chi connectivity index (χ1v) is 7.43. The van der Waals surface area contributed by atoms with E-state index < -0.39 is 0 Å². The lowest BCUT2D eigenvalue weighted by Crippen LogP contribution is -2.62. The van der Waals surface area contributed by atoms with Gasteiger partial charge in [0, 0.05) is 31.8 Å². The van der Waals surface area contributed by atoms with Gasteiger partial charge in [0.05, 0.1) is 6.61 Å². The molecule has 0 bridgehead atoms. The number of ether oxygens (including phenoxy) is 1. The average Bonchev–Trinajstić information content (AvgIpc) is 2.32. The lowest BCUT2D eigenvalue weighted by molar-refractivity contribution is -0.0325. The van der Waals surface area contributed by atoms with Gasteiger partial charge >= 0.3 is 0 Å². The highest BCUT2D eigenvalue weighted by Crippen LogP contribution is 2.41. The summed E-state index contributed by atoms with van der Waals surface area (Å²) in [5.74, 6) is 1.52. The fourth-order valence-corrected chi connectivity index (χ4v) is 3.72. The van der Waals surface area contributed by atoms with Gasteiger partial charge in [-0.2, -0.15) is 0 Å². The Hall–Kier alpha value is -0.120. The van der Waals surface area contributed by atoms with E-state index in [1.807, 2.05) is 0 Å². The Kier molecular flexibility index (Phi) is 6.09. The fourth-order valence-electron chi connectivity index (χ4n) is 3.72. The monoisotopic (exact) mass is 256 g/mol. The standard InChI is InChI=1S/C15H32N2O/c1-12(2)17(8-9-18-5)15(11-16)7-6-13(3)10-14(15)4/h12-14H,6-11,16H2,1-5H3. The molecule has 3 heteroatoms. The quantitative estimate of drug-likeness (QED) is 0.793. The van der Waals surface area contributed by atoms with Crippen molar-refractivity contribution in [2.45, 2.75) is 58.5 Å². The maximum atomic E-state index is 6.20. The number of hydrogen-bond acceptors (Lipinski definition) is 3. The van der Waals surface area contributed by atoms with Gasteiger partial charge in [0.15, 0.2) is 0 Å². The predicted molar refractivity (Wildman–Crippen MR) is 77.7 cm³/mol. The second-order valence-corrected chi connectivity index (χ2v) is 6.37. The number of nitrogens with zero attached hydrogens (tertiary/aromatic N) is 1. The molecule has 3 nitrogen and oxygen atoms in total. The molecule has 2 N–H and O–H groups in total. The number of methoxy groups -OCH3 is 1. The second kappa shape index (κ2) is 6.88. The number of nitrogens with two attached hydrogens (primary N) is 1. The molecule has 1 saturated carbocycles. The molecule has 0 spiro atoms. The molecule has 0 saturated heterocycles. The van der Waals surface area contributed by atoms with Crippen molar-refractivity contribution in [1.82, 2.24) is 4.90 Å². The van der Waals surface area contributed by atoms with Gasteiger partial charge in [-0.05, 0) is 44.9 Å². The SMILES string of the molecule is COCCN(C(C)C)C1(CN)CCC(C)CC1C. The Morgan fingerprint density at radius 3 is 2.50 bits per heavy atom. The Bertz CT molecular complexity index is 245. The van der Waals surface area contributed by atoms with E-state index >= 15 is 0 Å². The van der Waals surface area contributed by atoms with Gasteiger partial charge in [0.1, 0.15) is 0 Å². The smallest absolute Gasteiger partial charge is 0.0590 e. The summed E-state index contributed by atoms with van der Waals surface area (Å²) in [5, 5.41) is 0. The largest absolute Gasteiger partial charge is 0.383 e. The van der Waals surface area contributed by atoms with Gasteiger partial charge < -0.3 is 10.5 Å². The van der Waals surface area contributed by atoms with Crippen molar-refractivity contribution < 1.29 is 4.74 Å². The van der Waals surface area contributed by atoms with Crippen molar-refractivity contribution >= 4 is 0 Å². The minimum atomic E-state index is 0.180. The minimum Gasteiger partial charge on any atom is -0.383 e. The third-order valence-corrected chi connectivity index (χ3v) is 4.83. The van der Waals surface area contributed by atoms with Crippen molar-refractivity contribution in [3.8, 4) is 0 Å². The van der Waals surface area contributed by atoms with Gasteiger partial charge in [0.2, 0.25) is 0 Å². The van der Waals surface area contributed by atoms with Crippen molar-refractivity contribution in [2.75, 3.05) is 26.8 Å². The zero-order valence-electron chi connectivity index (χ0n) is 12.9. The topological polar surface area (TPSA) is 38.5 Å². The molecule has 0 aromatic rings. The van der Waals surface area contributed by atoms with E-state index in [1.165, 1.54) is 19.3 Å². The van der Waals surface area contributed by atoms with Crippen molar-refractivity contribution in [1.29, 1.82) is 0 Å². The van der Waals surface area contributed by atoms with E-state index in [1.54, 1.807) is 7.11 Å². The van der Waals surface area contributed by atoms with Crippen LogP contribution in [0.2, 0.25) is 0 Å². The van der Waals surface area contributed by atoms with Gasteiger partial charge in [0.25, 0.3) is 0 Å². The molecule has 3 atom stereocenters. The Balaban J connectivity index is 2.88. The van der Waals surface area contributed by atoms with E-state index in [-0.39, 0.29) is 5.54 Å². The average molecular weight is 256 g/mol. The van der Waals surface area contributed by atoms with Crippen LogP contribution in [0.3, 0.4) is 0 Å². The summed E-state index contributed by atoms with van der Waals surface area (Å²) in [6.07, 6.45) is 3.83. The Morgan fingerprint density at radius 1 is 1.39 bits per heavy atom. The van der Waals surface area contributed by atoms with Crippen LogP contribution in [0, 0.1) is 11.8 Å². The molecule has 1 aliphatic rings. The van der Waals surface area contributed by atoms with Gasteiger partial charge in [-0.3, -0.25) is 4.90 Å². The number of rotatable bonds is 6. The molecule has 3 unspecified atom stereocenters. The minimum absolute atomic E-state index is 0.180. The lowest BCUT2D eigenvalue weighted by atomic mass is 9.68. The highest BCUT2D eigenvalue weighted by Gasteiger charge is 2.44. The first kappa shape index (κ1) is 15.9. The summed E-state index contributed by atoms with van der Waals surface area (Å²) in [6, 6.07) is 0.527. The summed E-state index contributed by atoms with van der Waals surface area (Å²) in [5.41, 5.74) is 6.38. The van der Waals surface area contributed by atoms with E-state index in [0.29, 0.717) is 12.0 Å². The molecule has 0 amide bonds. The van der Waals surface area contributed by atoms with Crippen LogP contribution < -0.4 is 5.73 Å². The Labute approximate surface area is 113 Å². The van der Waals surface area contributed by atoms with E-state index in [0.717, 1.165) is 25.6 Å². The van der Waals surface area contributed by atoms with Crippen molar-refractivity contribution in [3.63, 3.8) is 0 Å². The molecule has 0 aliphatic heterocycles. The molecule has 0 radical (unpaired) electrons. The van der Waals surface area contributed by atoms with Crippen molar-refractivity contribution in [2.24, 2.45) is 17.6 Å². The van der Waals surface area contributed by atoms with Crippen LogP contribution in [0.25, 0.3) is 0 Å². The second-order valence-electron chi connectivity index (χ2n) is 6.37. The maximum Gasteiger partial charge on any atom is 0.0590 e. The lowest BCUT2D eigenvalue weighted by Gasteiger charge is -2.53. The third-order valence-electron chi connectivity index (χ3n) is 4.83. The van der Waals surface area contributed by atoms with E-state index in [2.05, 4.69) is 32.6 Å². The molecule has 108 valence electrons. The van der Waals surface area contributed by atoms with Crippen LogP contribution in [-0.2, 0) is 4.74 Å². The molecule has 18 heavy (non-hydrogen) atoms. The van der Waals surface area contributed by atoms with Gasteiger partial charge in [-0.1, -0.05) is 13.8 Å². The van der Waals surface area contributed by atoms with E-state index in [4.69, 9.17) is 10.5 Å². The molecule has 0 heterocycles. The summed E-state index contributed by atoms with van der Waals surface area (Å²) in [7, 11) is 1.78. The van der Waals surface area contributed by atoms with Crippen LogP contribution in [0.15, 0.2) is 0 Å². The summed E-state index contributed by atoms with van der Waals surface area (Å²) >= 11 is 0. The maximum absolute atomic E-state index is 6.20. The van der Waals surface area contributed by atoms with Gasteiger partial charge in [-0.15, -0.1) is 0 Å².